The summed E-state index contributed by atoms with van der Waals surface area (Å²) in [5, 5.41) is 5.11. The Bertz CT molecular complexity index is 1320. The number of aryl methyl sites for hydroxylation is 1. The maximum absolute atomic E-state index is 12.7. The van der Waals surface area contributed by atoms with Crippen LogP contribution in [0.5, 0.6) is 0 Å². The van der Waals surface area contributed by atoms with Crippen LogP contribution >= 0.6 is 23.4 Å². The van der Waals surface area contributed by atoms with Crippen LogP contribution in [0.2, 0.25) is 5.02 Å². The van der Waals surface area contributed by atoms with E-state index in [1.54, 1.807) is 16.8 Å². The van der Waals surface area contributed by atoms with Crippen molar-refractivity contribution in [1.29, 1.82) is 0 Å². The lowest BCUT2D eigenvalue weighted by atomic mass is 9.63. The number of likely N-dealkylation sites (tertiary alicyclic amines) is 1. The van der Waals surface area contributed by atoms with Gasteiger partial charge in [-0.15, -0.1) is 11.8 Å². The van der Waals surface area contributed by atoms with Crippen molar-refractivity contribution in [3.8, 4) is 0 Å². The molecule has 0 bridgehead atoms. The Morgan fingerprint density at radius 1 is 1.16 bits per heavy atom. The van der Waals surface area contributed by atoms with Crippen molar-refractivity contribution in [2.24, 2.45) is 11.3 Å². The number of nitrogens with one attached hydrogen (secondary N) is 1. The van der Waals surface area contributed by atoms with Crippen molar-refractivity contribution in [1.82, 2.24) is 19.4 Å². The molecule has 0 atom stereocenters. The average molecular weight is 540 g/mol. The molecule has 6 rings (SSSR count). The van der Waals surface area contributed by atoms with Gasteiger partial charge in [0.25, 0.3) is 5.56 Å². The van der Waals surface area contributed by atoms with E-state index < -0.39 is 0 Å². The lowest BCUT2D eigenvalue weighted by Crippen LogP contribution is -2.47. The third-order valence-corrected chi connectivity index (χ3v) is 9.50. The molecule has 1 saturated heterocycles. The van der Waals surface area contributed by atoms with E-state index >= 15 is 0 Å². The van der Waals surface area contributed by atoms with Crippen LogP contribution in [0.15, 0.2) is 40.2 Å². The molecule has 8 heteroatoms. The molecule has 0 radical (unpaired) electrons. The van der Waals surface area contributed by atoms with Gasteiger partial charge in [0, 0.05) is 34.0 Å². The number of benzene rings is 1. The predicted molar refractivity (Wildman–Crippen MR) is 155 cm³/mol. The van der Waals surface area contributed by atoms with Crippen LogP contribution < -0.4 is 10.9 Å². The molecule has 198 valence electrons. The number of anilines is 2. The molecule has 3 aromatic rings. The van der Waals surface area contributed by atoms with E-state index in [0.29, 0.717) is 29.5 Å². The second kappa shape index (κ2) is 11.0. The molecule has 1 N–H and O–H groups in total. The first-order valence-corrected chi connectivity index (χ1v) is 14.9. The summed E-state index contributed by atoms with van der Waals surface area (Å²) in [6.07, 6.45) is 9.46. The third-order valence-electron chi connectivity index (χ3n) is 8.04. The van der Waals surface area contributed by atoms with Crippen LogP contribution in [-0.4, -0.2) is 44.8 Å². The fourth-order valence-corrected chi connectivity index (χ4v) is 7.43. The molecule has 2 saturated carbocycles. The van der Waals surface area contributed by atoms with Gasteiger partial charge >= 0.3 is 0 Å². The summed E-state index contributed by atoms with van der Waals surface area (Å²) in [5.41, 5.74) is 3.23. The number of hydrogen-bond acceptors (Lipinski definition) is 6. The van der Waals surface area contributed by atoms with Gasteiger partial charge in [-0.25, -0.2) is 4.98 Å². The summed E-state index contributed by atoms with van der Waals surface area (Å²) in [5.74, 6) is 1.04. The fourth-order valence-electron chi connectivity index (χ4n) is 5.56. The Morgan fingerprint density at radius 2 is 1.89 bits per heavy atom. The zero-order valence-corrected chi connectivity index (χ0v) is 24.0. The largest absolute Gasteiger partial charge is 0.324 e. The minimum atomic E-state index is -0.175. The van der Waals surface area contributed by atoms with Crippen molar-refractivity contribution >= 4 is 46.0 Å². The van der Waals surface area contributed by atoms with Gasteiger partial charge in [-0.3, -0.25) is 9.36 Å². The fraction of sp³-hybridized carbons (Fsp3) is 0.552. The minimum Gasteiger partial charge on any atom is -0.324 e. The first-order chi connectivity index (χ1) is 17.9. The van der Waals surface area contributed by atoms with Crippen LogP contribution in [0.3, 0.4) is 0 Å². The first-order valence-electron chi connectivity index (χ1n) is 13.7. The number of rotatable bonds is 6. The smallest absolute Gasteiger partial charge is 0.270 e. The Labute approximate surface area is 229 Å². The summed E-state index contributed by atoms with van der Waals surface area (Å²) in [6, 6.07) is 8.24. The molecule has 0 amide bonds. The molecule has 2 aliphatic carbocycles. The number of fused-ring (bicyclic) bond motifs is 1. The Balaban J connectivity index is 0.00000137. The monoisotopic (exact) mass is 539 g/mol. The van der Waals surface area contributed by atoms with Crippen molar-refractivity contribution in [3.63, 3.8) is 0 Å². The maximum Gasteiger partial charge on any atom is 0.270 e. The van der Waals surface area contributed by atoms with Crippen molar-refractivity contribution in [2.45, 2.75) is 76.0 Å². The number of nitrogens with zero attached hydrogens (tertiary/aromatic N) is 4. The summed E-state index contributed by atoms with van der Waals surface area (Å²) in [6.45, 7) is 9.28. The minimum absolute atomic E-state index is 0.175. The summed E-state index contributed by atoms with van der Waals surface area (Å²) >= 11 is 8.22. The van der Waals surface area contributed by atoms with Crippen LogP contribution in [0, 0.1) is 18.3 Å². The highest BCUT2D eigenvalue weighted by molar-refractivity contribution is 8.00. The highest BCUT2D eigenvalue weighted by atomic mass is 35.5. The molecule has 37 heavy (non-hydrogen) atoms. The lowest BCUT2D eigenvalue weighted by molar-refractivity contribution is 0.0491. The topological polar surface area (TPSA) is 63.1 Å². The van der Waals surface area contributed by atoms with Gasteiger partial charge in [0.15, 0.2) is 0 Å². The molecule has 1 aliphatic heterocycles. The number of thioether (sulfide) groups is 1. The molecular weight excluding hydrogens is 502 g/mol. The van der Waals surface area contributed by atoms with E-state index in [1.807, 2.05) is 25.6 Å². The number of piperidine rings is 1. The molecule has 2 aromatic heterocycles. The summed E-state index contributed by atoms with van der Waals surface area (Å²) in [7, 11) is 2.24. The summed E-state index contributed by atoms with van der Waals surface area (Å²) in [4.78, 5) is 25.7. The van der Waals surface area contributed by atoms with Gasteiger partial charge in [0.1, 0.15) is 10.7 Å². The molecule has 1 spiro atoms. The van der Waals surface area contributed by atoms with Gasteiger partial charge < -0.3 is 10.2 Å². The standard InChI is InChI=1S/C27H32ClN5OS.C2H6/c1-17-11-20(35-21-13-27(14-21)7-9-32(2)10-8-27)5-6-23(17)30-26-29-15-19-12-22(28)25(34)33(24(19)31-26)16-18-3-4-18;1-2/h5-6,11-12,15,18,21H,3-4,7-10,13-14,16H2,1-2H3,(H,29,30,31);1-2H3. The lowest BCUT2D eigenvalue weighted by Gasteiger charge is -2.51. The number of halogens is 1. The average Bonchev–Trinajstić information content (AvgIpc) is 3.70. The predicted octanol–water partition coefficient (Wildman–Crippen LogP) is 6.90. The number of aromatic nitrogens is 3. The van der Waals surface area contributed by atoms with Gasteiger partial charge in [-0.2, -0.15) is 4.98 Å². The molecule has 1 aromatic carbocycles. The van der Waals surface area contributed by atoms with Crippen LogP contribution in [0.1, 0.15) is 57.9 Å². The Kier molecular flexibility index (Phi) is 7.85. The normalized spacial score (nSPS) is 19.4. The number of pyridine rings is 1. The van der Waals surface area contributed by atoms with Crippen LogP contribution in [0.4, 0.5) is 11.6 Å². The van der Waals surface area contributed by atoms with Crippen LogP contribution in [0.25, 0.3) is 11.0 Å². The summed E-state index contributed by atoms with van der Waals surface area (Å²) < 4.78 is 1.71. The van der Waals surface area contributed by atoms with Crippen molar-refractivity contribution in [2.75, 3.05) is 25.5 Å². The molecular formula is C29H38ClN5OS. The van der Waals surface area contributed by atoms with Crippen LogP contribution in [-0.2, 0) is 6.54 Å². The zero-order chi connectivity index (χ0) is 26.2. The van der Waals surface area contributed by atoms with E-state index in [0.717, 1.165) is 29.2 Å². The second-order valence-corrected chi connectivity index (χ2v) is 12.7. The molecule has 3 heterocycles. The van der Waals surface area contributed by atoms with Gasteiger partial charge in [0.2, 0.25) is 5.95 Å². The molecule has 3 aliphatic rings. The van der Waals surface area contributed by atoms with Crippen molar-refractivity contribution in [3.05, 3.63) is 51.4 Å². The first kappa shape index (κ1) is 26.5. The highest BCUT2D eigenvalue weighted by Gasteiger charge is 2.45. The van der Waals surface area contributed by atoms with E-state index in [-0.39, 0.29) is 10.6 Å². The van der Waals surface area contributed by atoms with Gasteiger partial charge in [0.05, 0.1) is 0 Å². The van der Waals surface area contributed by atoms with E-state index in [2.05, 4.69) is 47.4 Å². The number of hydrogen-bond donors (Lipinski definition) is 1. The third kappa shape index (κ3) is 5.84. The van der Waals surface area contributed by atoms with Gasteiger partial charge in [-0.1, -0.05) is 25.4 Å². The molecule has 3 fully saturated rings. The SMILES string of the molecule is CC.Cc1cc(SC2CC3(CCN(C)CC3)C2)ccc1Nc1ncc2cc(Cl)c(=O)n(CC3CC3)c2n1. The van der Waals surface area contributed by atoms with Gasteiger partial charge in [-0.05, 0) is 107 Å². The zero-order valence-electron chi connectivity index (χ0n) is 22.4. The quantitative estimate of drug-likeness (QED) is 0.367. The maximum atomic E-state index is 12.7. The van der Waals surface area contributed by atoms with E-state index in [9.17, 15) is 4.79 Å². The Hall–Kier alpha value is -2.09. The second-order valence-electron chi connectivity index (χ2n) is 10.9. The molecule has 6 nitrogen and oxygen atoms in total. The molecule has 0 unspecified atom stereocenters. The Morgan fingerprint density at radius 3 is 2.57 bits per heavy atom. The van der Waals surface area contributed by atoms with Crippen molar-refractivity contribution < 1.29 is 0 Å². The van der Waals surface area contributed by atoms with E-state index in [1.165, 1.54) is 49.2 Å². The van der Waals surface area contributed by atoms with E-state index in [4.69, 9.17) is 16.6 Å². The highest BCUT2D eigenvalue weighted by Crippen LogP contribution is 2.54.